The van der Waals surface area contributed by atoms with Gasteiger partial charge in [0.1, 0.15) is 11.5 Å². The first-order valence-electron chi connectivity index (χ1n) is 8.36. The molecule has 1 unspecified atom stereocenters. The number of hydrogen-bond donors (Lipinski definition) is 1. The summed E-state index contributed by atoms with van der Waals surface area (Å²) in [4.78, 5) is 13.9. The number of carbonyl (C=O) groups is 1. The molecule has 1 aliphatic rings. The lowest BCUT2D eigenvalue weighted by Gasteiger charge is -2.29. The van der Waals surface area contributed by atoms with Crippen LogP contribution in [-0.2, 0) is 16.1 Å². The van der Waals surface area contributed by atoms with Crippen molar-refractivity contribution in [1.29, 1.82) is 0 Å². The van der Waals surface area contributed by atoms with Crippen LogP contribution in [-0.4, -0.2) is 58.4 Å². The predicted molar refractivity (Wildman–Crippen MR) is 99.7 cm³/mol. The Balaban J connectivity index is 0.00000312. The fraction of sp³-hybridized carbons (Fsp3) is 0.611. The van der Waals surface area contributed by atoms with E-state index in [1.807, 2.05) is 18.2 Å². The number of rotatable bonds is 8. The third-order valence-corrected chi connectivity index (χ3v) is 4.31. The van der Waals surface area contributed by atoms with E-state index in [2.05, 4.69) is 10.2 Å². The molecule has 0 aromatic heterocycles. The zero-order valence-electron chi connectivity index (χ0n) is 15.2. The van der Waals surface area contributed by atoms with Crippen LogP contribution in [0.5, 0.6) is 11.5 Å². The van der Waals surface area contributed by atoms with Crippen LogP contribution < -0.4 is 14.8 Å². The molecule has 7 heteroatoms. The number of esters is 1. The molecule has 0 aliphatic carbocycles. The van der Waals surface area contributed by atoms with E-state index in [1.54, 1.807) is 14.2 Å². The summed E-state index contributed by atoms with van der Waals surface area (Å²) in [7, 11) is 4.70. The van der Waals surface area contributed by atoms with Gasteiger partial charge in [-0.1, -0.05) is 0 Å². The van der Waals surface area contributed by atoms with Crippen molar-refractivity contribution in [2.24, 2.45) is 5.92 Å². The molecule has 1 saturated heterocycles. The summed E-state index contributed by atoms with van der Waals surface area (Å²) in [6, 6.07) is 5.80. The molecule has 1 aromatic rings. The molecule has 1 heterocycles. The van der Waals surface area contributed by atoms with Crippen molar-refractivity contribution in [2.75, 3.05) is 47.5 Å². The van der Waals surface area contributed by atoms with E-state index >= 15 is 0 Å². The third kappa shape index (κ3) is 7.10. The van der Waals surface area contributed by atoms with Crippen LogP contribution in [0.15, 0.2) is 18.2 Å². The van der Waals surface area contributed by atoms with Gasteiger partial charge in [-0.3, -0.25) is 9.69 Å². The number of ether oxygens (including phenoxy) is 3. The molecule has 0 saturated carbocycles. The molecule has 1 atom stereocenters. The lowest BCUT2D eigenvalue weighted by atomic mass is 9.99. The van der Waals surface area contributed by atoms with Gasteiger partial charge >= 0.3 is 5.97 Å². The zero-order chi connectivity index (χ0) is 17.4. The fourth-order valence-electron chi connectivity index (χ4n) is 3.09. The first-order valence-corrected chi connectivity index (χ1v) is 8.36. The van der Waals surface area contributed by atoms with Gasteiger partial charge in [-0.05, 0) is 49.5 Å². The van der Waals surface area contributed by atoms with Gasteiger partial charge in [-0.25, -0.2) is 0 Å². The van der Waals surface area contributed by atoms with Crippen molar-refractivity contribution in [1.82, 2.24) is 10.2 Å². The number of hydrogen-bond acceptors (Lipinski definition) is 6. The monoisotopic (exact) mass is 372 g/mol. The van der Waals surface area contributed by atoms with Crippen molar-refractivity contribution in [3.8, 4) is 11.5 Å². The lowest BCUT2D eigenvalue weighted by Crippen LogP contribution is -2.40. The Morgan fingerprint density at radius 2 is 1.88 bits per heavy atom. The van der Waals surface area contributed by atoms with Gasteiger partial charge in [-0.15, -0.1) is 12.4 Å². The van der Waals surface area contributed by atoms with E-state index < -0.39 is 0 Å². The van der Waals surface area contributed by atoms with Gasteiger partial charge in [0.15, 0.2) is 0 Å². The maximum absolute atomic E-state index is 11.8. The van der Waals surface area contributed by atoms with Gasteiger partial charge in [0, 0.05) is 19.2 Å². The molecule has 2 rings (SSSR count). The van der Waals surface area contributed by atoms with Gasteiger partial charge < -0.3 is 19.5 Å². The quantitative estimate of drug-likeness (QED) is 0.705. The normalized spacial score (nSPS) is 16.9. The molecular weight excluding hydrogens is 344 g/mol. The lowest BCUT2D eigenvalue weighted by molar-refractivity contribution is -0.142. The number of nitrogens with zero attached hydrogens (tertiary/aromatic N) is 1. The van der Waals surface area contributed by atoms with E-state index in [4.69, 9.17) is 14.2 Å². The highest BCUT2D eigenvalue weighted by Crippen LogP contribution is 2.24. The molecule has 142 valence electrons. The summed E-state index contributed by atoms with van der Waals surface area (Å²) in [5.41, 5.74) is 1.05. The SMILES string of the molecule is COC(=O)CN(Cc1cc(OC)cc(OC)c1)CC1CCCNC1.Cl. The third-order valence-electron chi connectivity index (χ3n) is 4.31. The molecule has 0 amide bonds. The molecular formula is C18H29ClN2O4. The Morgan fingerprint density at radius 1 is 1.20 bits per heavy atom. The summed E-state index contributed by atoms with van der Waals surface area (Å²) in [5.74, 6) is 1.84. The van der Waals surface area contributed by atoms with Crippen LogP contribution in [0.4, 0.5) is 0 Å². The van der Waals surface area contributed by atoms with Crippen molar-refractivity contribution in [3.05, 3.63) is 23.8 Å². The molecule has 0 radical (unpaired) electrons. The Bertz CT molecular complexity index is 514. The van der Waals surface area contributed by atoms with Gasteiger partial charge in [-0.2, -0.15) is 0 Å². The molecule has 0 bridgehead atoms. The number of piperidine rings is 1. The summed E-state index contributed by atoms with van der Waals surface area (Å²) >= 11 is 0. The summed E-state index contributed by atoms with van der Waals surface area (Å²) in [5, 5.41) is 3.43. The first kappa shape index (κ1) is 21.5. The number of methoxy groups -OCH3 is 3. The van der Waals surface area contributed by atoms with Crippen LogP contribution in [0.3, 0.4) is 0 Å². The second-order valence-electron chi connectivity index (χ2n) is 6.18. The van der Waals surface area contributed by atoms with Crippen LogP contribution in [0.2, 0.25) is 0 Å². The fourth-order valence-corrected chi connectivity index (χ4v) is 3.09. The maximum atomic E-state index is 11.8. The standard InChI is InChI=1S/C18H28N2O4.ClH/c1-22-16-7-15(8-17(9-16)23-2)12-20(13-18(21)24-3)11-14-5-4-6-19-10-14;/h7-9,14,19H,4-6,10-13H2,1-3H3;1H. The highest BCUT2D eigenvalue weighted by Gasteiger charge is 2.20. The largest absolute Gasteiger partial charge is 0.497 e. The van der Waals surface area contributed by atoms with E-state index in [9.17, 15) is 4.79 Å². The topological polar surface area (TPSA) is 60.0 Å². The summed E-state index contributed by atoms with van der Waals surface area (Å²) in [6.45, 7) is 3.88. The smallest absolute Gasteiger partial charge is 0.319 e. The van der Waals surface area contributed by atoms with Gasteiger partial charge in [0.25, 0.3) is 0 Å². The summed E-state index contributed by atoms with van der Waals surface area (Å²) in [6.07, 6.45) is 2.37. The Kier molecular flexibility index (Phi) is 9.63. The number of nitrogens with one attached hydrogen (secondary N) is 1. The van der Waals surface area contributed by atoms with Crippen LogP contribution in [0.25, 0.3) is 0 Å². The van der Waals surface area contributed by atoms with Crippen molar-refractivity contribution in [3.63, 3.8) is 0 Å². The Labute approximate surface area is 156 Å². The molecule has 1 fully saturated rings. The number of carbonyl (C=O) groups excluding carboxylic acids is 1. The molecule has 25 heavy (non-hydrogen) atoms. The second-order valence-corrected chi connectivity index (χ2v) is 6.18. The van der Waals surface area contributed by atoms with Crippen LogP contribution in [0, 0.1) is 5.92 Å². The molecule has 0 spiro atoms. The average Bonchev–Trinajstić information content (AvgIpc) is 2.61. The highest BCUT2D eigenvalue weighted by atomic mass is 35.5. The molecule has 1 aromatic carbocycles. The van der Waals surface area contributed by atoms with Crippen molar-refractivity contribution in [2.45, 2.75) is 19.4 Å². The van der Waals surface area contributed by atoms with Crippen LogP contribution >= 0.6 is 12.4 Å². The molecule has 1 N–H and O–H groups in total. The molecule has 6 nitrogen and oxygen atoms in total. The zero-order valence-corrected chi connectivity index (χ0v) is 16.1. The number of halogens is 1. The van der Waals surface area contributed by atoms with Crippen molar-refractivity contribution < 1.29 is 19.0 Å². The van der Waals surface area contributed by atoms with Gasteiger partial charge in [0.2, 0.25) is 0 Å². The second kappa shape index (κ2) is 11.2. The minimum Gasteiger partial charge on any atom is -0.497 e. The first-order chi connectivity index (χ1) is 11.6. The van der Waals surface area contributed by atoms with E-state index in [0.29, 0.717) is 12.5 Å². The minimum absolute atomic E-state index is 0. The Morgan fingerprint density at radius 3 is 2.40 bits per heavy atom. The van der Waals surface area contributed by atoms with Gasteiger partial charge in [0.05, 0.1) is 27.9 Å². The van der Waals surface area contributed by atoms with E-state index in [1.165, 1.54) is 20.0 Å². The van der Waals surface area contributed by atoms with E-state index in [0.717, 1.165) is 36.7 Å². The van der Waals surface area contributed by atoms with Crippen molar-refractivity contribution >= 4 is 18.4 Å². The van der Waals surface area contributed by atoms with E-state index in [-0.39, 0.29) is 24.9 Å². The predicted octanol–water partition coefficient (Wildman–Crippen LogP) is 2.10. The minimum atomic E-state index is -0.214. The Hall–Kier alpha value is -1.50. The maximum Gasteiger partial charge on any atom is 0.319 e. The summed E-state index contributed by atoms with van der Waals surface area (Å²) < 4.78 is 15.5. The molecule has 1 aliphatic heterocycles. The van der Waals surface area contributed by atoms with Crippen LogP contribution in [0.1, 0.15) is 18.4 Å². The number of benzene rings is 1. The highest BCUT2D eigenvalue weighted by molar-refractivity contribution is 5.85. The average molecular weight is 373 g/mol.